The molecule has 2 rings (SSSR count). The Balaban J connectivity index is 2.87. The van der Waals surface area contributed by atoms with Gasteiger partial charge in [0.05, 0.1) is 17.2 Å². The lowest BCUT2D eigenvalue weighted by Gasteiger charge is -1.95. The fraction of sp³-hybridized carbons (Fsp3) is 0.250. The molecule has 0 unspecified atom stereocenters. The first-order valence-electron chi connectivity index (χ1n) is 3.86. The first-order chi connectivity index (χ1) is 5.81. The normalized spacial score (nSPS) is 10.8. The van der Waals surface area contributed by atoms with E-state index in [9.17, 15) is 4.79 Å². The van der Waals surface area contributed by atoms with Gasteiger partial charge in [0.25, 0.3) is 0 Å². The summed E-state index contributed by atoms with van der Waals surface area (Å²) < 4.78 is 0. The molecule has 0 saturated heterocycles. The fourth-order valence-corrected chi connectivity index (χ4v) is 1.28. The highest BCUT2D eigenvalue weighted by molar-refractivity contribution is 5.76. The Labute approximate surface area is 68.7 Å². The van der Waals surface area contributed by atoms with Crippen molar-refractivity contribution < 1.29 is 0 Å². The number of nitrogens with one attached hydrogen (secondary N) is 2. The number of nitrogens with zero attached hydrogens (tertiary/aromatic N) is 1. The van der Waals surface area contributed by atoms with Gasteiger partial charge >= 0.3 is 5.69 Å². The zero-order valence-electron chi connectivity index (χ0n) is 6.72. The van der Waals surface area contributed by atoms with Crippen LogP contribution in [0.3, 0.4) is 0 Å². The predicted molar refractivity (Wildman–Crippen MR) is 46.1 cm³/mol. The number of aryl methyl sites for hydroxylation is 1. The minimum absolute atomic E-state index is 0.173. The number of H-pyrrole nitrogens is 2. The van der Waals surface area contributed by atoms with E-state index in [2.05, 4.69) is 15.0 Å². The number of aromatic nitrogens is 3. The smallest absolute Gasteiger partial charge is 0.305 e. The molecule has 2 heterocycles. The van der Waals surface area contributed by atoms with Crippen LogP contribution in [-0.4, -0.2) is 15.0 Å². The van der Waals surface area contributed by atoms with Gasteiger partial charge in [-0.2, -0.15) is 0 Å². The molecule has 0 bridgehead atoms. The van der Waals surface area contributed by atoms with Crippen molar-refractivity contribution in [2.45, 2.75) is 13.3 Å². The van der Waals surface area contributed by atoms with E-state index < -0.39 is 0 Å². The van der Waals surface area contributed by atoms with E-state index in [0.29, 0.717) is 0 Å². The number of fused-ring (bicyclic) bond motifs is 1. The van der Waals surface area contributed by atoms with E-state index in [-0.39, 0.29) is 5.69 Å². The highest BCUT2D eigenvalue weighted by Gasteiger charge is 2.01. The maximum atomic E-state index is 10.9. The molecule has 12 heavy (non-hydrogen) atoms. The molecule has 0 saturated carbocycles. The van der Waals surface area contributed by atoms with Crippen molar-refractivity contribution in [1.29, 1.82) is 0 Å². The molecule has 0 aliphatic rings. The Morgan fingerprint density at radius 3 is 3.00 bits per heavy atom. The Morgan fingerprint density at radius 2 is 2.25 bits per heavy atom. The summed E-state index contributed by atoms with van der Waals surface area (Å²) in [6.45, 7) is 2.03. The summed E-state index contributed by atoms with van der Waals surface area (Å²) in [5, 5.41) is 0. The molecule has 2 aromatic heterocycles. The van der Waals surface area contributed by atoms with E-state index in [1.54, 1.807) is 12.4 Å². The van der Waals surface area contributed by atoms with Crippen molar-refractivity contribution in [3.05, 3.63) is 28.4 Å². The van der Waals surface area contributed by atoms with Gasteiger partial charge < -0.3 is 9.97 Å². The third-order valence-electron chi connectivity index (χ3n) is 1.89. The van der Waals surface area contributed by atoms with Crippen LogP contribution < -0.4 is 5.69 Å². The average Bonchev–Trinajstić information content (AvgIpc) is 2.44. The van der Waals surface area contributed by atoms with Crippen LogP contribution in [-0.2, 0) is 6.42 Å². The van der Waals surface area contributed by atoms with E-state index in [1.807, 2.05) is 6.92 Å². The lowest BCUT2D eigenvalue weighted by molar-refractivity contribution is 1.12. The molecule has 0 amide bonds. The van der Waals surface area contributed by atoms with Crippen LogP contribution in [0.2, 0.25) is 0 Å². The summed E-state index contributed by atoms with van der Waals surface area (Å²) >= 11 is 0. The minimum Gasteiger partial charge on any atom is -0.305 e. The first-order valence-corrected chi connectivity index (χ1v) is 3.86. The molecule has 0 radical (unpaired) electrons. The summed E-state index contributed by atoms with van der Waals surface area (Å²) in [5.41, 5.74) is 2.54. The van der Waals surface area contributed by atoms with E-state index >= 15 is 0 Å². The lowest BCUT2D eigenvalue weighted by Crippen LogP contribution is -1.99. The van der Waals surface area contributed by atoms with Gasteiger partial charge in [0.2, 0.25) is 0 Å². The topological polar surface area (TPSA) is 61.5 Å². The second kappa shape index (κ2) is 2.48. The third-order valence-corrected chi connectivity index (χ3v) is 1.89. The Hall–Kier alpha value is -1.58. The highest BCUT2D eigenvalue weighted by Crippen LogP contribution is 2.10. The molecule has 0 aliphatic heterocycles. The van der Waals surface area contributed by atoms with E-state index in [4.69, 9.17) is 0 Å². The maximum absolute atomic E-state index is 10.9. The monoisotopic (exact) mass is 163 g/mol. The summed E-state index contributed by atoms with van der Waals surface area (Å²) in [6.07, 6.45) is 4.29. The zero-order chi connectivity index (χ0) is 8.55. The zero-order valence-corrected chi connectivity index (χ0v) is 6.72. The molecule has 0 spiro atoms. The summed E-state index contributed by atoms with van der Waals surface area (Å²) in [5.74, 6) is 0. The van der Waals surface area contributed by atoms with Gasteiger partial charge in [0.15, 0.2) is 0 Å². The van der Waals surface area contributed by atoms with Gasteiger partial charge in [0.1, 0.15) is 0 Å². The van der Waals surface area contributed by atoms with Gasteiger partial charge in [-0.3, -0.25) is 4.98 Å². The van der Waals surface area contributed by atoms with Crippen LogP contribution in [0.4, 0.5) is 0 Å². The van der Waals surface area contributed by atoms with Crippen molar-refractivity contribution in [2.75, 3.05) is 0 Å². The van der Waals surface area contributed by atoms with Gasteiger partial charge in [-0.25, -0.2) is 4.79 Å². The SMILES string of the molecule is CCc1cncc2[nH]c(=O)[nH]c12. The largest absolute Gasteiger partial charge is 0.323 e. The quantitative estimate of drug-likeness (QED) is 0.653. The number of hydrogen-bond donors (Lipinski definition) is 2. The van der Waals surface area contributed by atoms with Crippen molar-refractivity contribution in [1.82, 2.24) is 15.0 Å². The van der Waals surface area contributed by atoms with Crippen LogP contribution in [0.5, 0.6) is 0 Å². The van der Waals surface area contributed by atoms with Gasteiger partial charge in [-0.15, -0.1) is 0 Å². The predicted octanol–water partition coefficient (Wildman–Crippen LogP) is 0.814. The molecular weight excluding hydrogens is 154 g/mol. The Morgan fingerprint density at radius 1 is 1.42 bits per heavy atom. The second-order valence-electron chi connectivity index (χ2n) is 2.65. The summed E-state index contributed by atoms with van der Waals surface area (Å²) in [6, 6.07) is 0. The summed E-state index contributed by atoms with van der Waals surface area (Å²) in [4.78, 5) is 20.3. The summed E-state index contributed by atoms with van der Waals surface area (Å²) in [7, 11) is 0. The van der Waals surface area contributed by atoms with Crippen molar-refractivity contribution >= 4 is 11.0 Å². The Bertz CT molecular complexity index is 455. The van der Waals surface area contributed by atoms with Crippen LogP contribution in [0.25, 0.3) is 11.0 Å². The van der Waals surface area contributed by atoms with E-state index in [0.717, 1.165) is 23.0 Å². The number of aromatic amines is 2. The van der Waals surface area contributed by atoms with Gasteiger partial charge in [-0.1, -0.05) is 6.92 Å². The number of hydrogen-bond acceptors (Lipinski definition) is 2. The van der Waals surface area contributed by atoms with Crippen molar-refractivity contribution in [3.8, 4) is 0 Å². The van der Waals surface area contributed by atoms with Gasteiger partial charge in [0, 0.05) is 6.20 Å². The van der Waals surface area contributed by atoms with Crippen molar-refractivity contribution in [3.63, 3.8) is 0 Å². The molecule has 2 N–H and O–H groups in total. The number of imidazole rings is 1. The third kappa shape index (κ3) is 0.922. The molecule has 0 aromatic carbocycles. The first kappa shape index (κ1) is 7.09. The van der Waals surface area contributed by atoms with Crippen LogP contribution in [0, 0.1) is 0 Å². The highest BCUT2D eigenvalue weighted by atomic mass is 16.1. The molecular formula is C8H9N3O. The number of pyridine rings is 1. The second-order valence-corrected chi connectivity index (χ2v) is 2.65. The molecule has 4 nitrogen and oxygen atoms in total. The number of rotatable bonds is 1. The van der Waals surface area contributed by atoms with Crippen LogP contribution >= 0.6 is 0 Å². The molecule has 0 atom stereocenters. The van der Waals surface area contributed by atoms with Crippen molar-refractivity contribution in [2.24, 2.45) is 0 Å². The molecule has 0 fully saturated rings. The van der Waals surface area contributed by atoms with Gasteiger partial charge in [-0.05, 0) is 12.0 Å². The molecule has 62 valence electrons. The van der Waals surface area contributed by atoms with Crippen LogP contribution in [0.15, 0.2) is 17.2 Å². The average molecular weight is 163 g/mol. The maximum Gasteiger partial charge on any atom is 0.323 e. The lowest BCUT2D eigenvalue weighted by atomic mass is 10.2. The Kier molecular flexibility index (Phi) is 1.46. The van der Waals surface area contributed by atoms with E-state index in [1.165, 1.54) is 0 Å². The standard InChI is InChI=1S/C8H9N3O/c1-2-5-3-9-4-6-7(5)11-8(12)10-6/h3-4H,2H2,1H3,(H2,10,11,12). The van der Waals surface area contributed by atoms with Crippen LogP contribution in [0.1, 0.15) is 12.5 Å². The minimum atomic E-state index is -0.173. The molecule has 4 heteroatoms. The molecule has 0 aliphatic carbocycles. The molecule has 2 aromatic rings. The fourth-order valence-electron chi connectivity index (χ4n) is 1.28.